The van der Waals surface area contributed by atoms with Crippen molar-refractivity contribution in [2.45, 2.75) is 139 Å². The molecule has 6 heterocycles. The van der Waals surface area contributed by atoms with Crippen LogP contribution in [0.1, 0.15) is 106 Å². The van der Waals surface area contributed by atoms with Crippen molar-refractivity contribution in [1.29, 1.82) is 0 Å². The zero-order chi connectivity index (χ0) is 35.1. The molecule has 49 heavy (non-hydrogen) atoms. The number of nitrogens with zero attached hydrogens (tertiary/aromatic N) is 7. The first-order chi connectivity index (χ1) is 23.5. The van der Waals surface area contributed by atoms with Crippen molar-refractivity contribution in [3.05, 3.63) is 124 Å². The lowest BCUT2D eigenvalue weighted by Crippen LogP contribution is -2.24. The minimum Gasteiger partial charge on any atom is -0.292 e. The van der Waals surface area contributed by atoms with Gasteiger partial charge in [-0.3, -0.25) is 34.6 Å². The van der Waals surface area contributed by atoms with Gasteiger partial charge in [0, 0.05) is 95.1 Å². The Kier molecular flexibility index (Phi) is 12.7. The van der Waals surface area contributed by atoms with Crippen LogP contribution in [0, 0.1) is 6.92 Å². The van der Waals surface area contributed by atoms with E-state index in [1.165, 1.54) is 33.5 Å². The van der Waals surface area contributed by atoms with Crippen LogP contribution in [-0.2, 0) is 52.4 Å². The Bertz CT molecular complexity index is 1430. The monoisotopic (exact) mass is 661 g/mol. The number of benzene rings is 2. The fraction of sp³-hybridized carbons (Fsp3) is 0.500. The number of pyridine rings is 1. The molecule has 0 saturated carbocycles. The number of hydrogen-bond donors (Lipinski definition) is 0. The van der Waals surface area contributed by atoms with E-state index < -0.39 is 0 Å². The zero-order valence-electron chi connectivity index (χ0n) is 31.5. The van der Waals surface area contributed by atoms with Crippen LogP contribution in [0.3, 0.4) is 0 Å². The molecule has 0 fully saturated rings. The summed E-state index contributed by atoms with van der Waals surface area (Å²) in [6.07, 6.45) is 5.41. The molecule has 0 radical (unpaired) electrons. The molecule has 2 aromatic heterocycles. The topological polar surface area (TPSA) is 51.6 Å². The SMILES string of the molecule is CC(C)N1Cc2ccccc2C1.CC(C)N1Cc2cccnc2C1.CC(C)N1Cc2nccnc2C1.Cc1cccc2c1CN(C(C)C)C2. The van der Waals surface area contributed by atoms with Crippen molar-refractivity contribution in [3.8, 4) is 0 Å². The fourth-order valence-corrected chi connectivity index (χ4v) is 6.76. The molecule has 262 valence electrons. The summed E-state index contributed by atoms with van der Waals surface area (Å²) in [4.78, 5) is 22.7. The Hall–Kier alpha value is -3.49. The maximum atomic E-state index is 4.35. The number of fused-ring (bicyclic) bond motifs is 4. The molecule has 4 aliphatic rings. The Morgan fingerprint density at radius 1 is 0.408 bits per heavy atom. The molecule has 0 bridgehead atoms. The summed E-state index contributed by atoms with van der Waals surface area (Å²) < 4.78 is 0. The van der Waals surface area contributed by atoms with E-state index in [2.05, 4.69) is 145 Å². The maximum absolute atomic E-state index is 4.35. The van der Waals surface area contributed by atoms with Gasteiger partial charge in [0.2, 0.25) is 0 Å². The minimum atomic E-state index is 0.584. The van der Waals surface area contributed by atoms with E-state index in [1.54, 1.807) is 18.0 Å². The second-order valence-corrected chi connectivity index (χ2v) is 15.0. The van der Waals surface area contributed by atoms with Gasteiger partial charge in [0.15, 0.2) is 0 Å². The molecular formula is C42H59N7. The first-order valence-electron chi connectivity index (χ1n) is 18.3. The summed E-state index contributed by atoms with van der Waals surface area (Å²) in [5.41, 5.74) is 12.5. The number of hydrogen-bond acceptors (Lipinski definition) is 7. The van der Waals surface area contributed by atoms with Gasteiger partial charge < -0.3 is 0 Å². The summed E-state index contributed by atoms with van der Waals surface area (Å²) >= 11 is 0. The lowest BCUT2D eigenvalue weighted by Gasteiger charge is -2.19. The predicted octanol–water partition coefficient (Wildman–Crippen LogP) is 8.14. The molecular weight excluding hydrogens is 603 g/mol. The van der Waals surface area contributed by atoms with Crippen LogP contribution in [0.15, 0.2) is 73.2 Å². The summed E-state index contributed by atoms with van der Waals surface area (Å²) in [6.45, 7) is 28.7. The highest BCUT2D eigenvalue weighted by Gasteiger charge is 2.24. The quantitative estimate of drug-likeness (QED) is 0.219. The summed E-state index contributed by atoms with van der Waals surface area (Å²) in [5, 5.41) is 0. The Morgan fingerprint density at radius 3 is 1.35 bits per heavy atom. The van der Waals surface area contributed by atoms with E-state index in [0.29, 0.717) is 24.2 Å². The Labute approximate surface area is 296 Å². The van der Waals surface area contributed by atoms with Gasteiger partial charge in [-0.1, -0.05) is 48.5 Å². The van der Waals surface area contributed by atoms with Gasteiger partial charge in [0.05, 0.1) is 17.1 Å². The molecule has 0 saturated heterocycles. The first-order valence-corrected chi connectivity index (χ1v) is 18.3. The second-order valence-electron chi connectivity index (χ2n) is 15.0. The molecule has 0 N–H and O–H groups in total. The minimum absolute atomic E-state index is 0.584. The molecule has 4 aliphatic heterocycles. The van der Waals surface area contributed by atoms with Crippen molar-refractivity contribution in [2.24, 2.45) is 0 Å². The van der Waals surface area contributed by atoms with Crippen LogP contribution in [0.4, 0.5) is 0 Å². The van der Waals surface area contributed by atoms with Crippen molar-refractivity contribution in [2.75, 3.05) is 0 Å². The third-order valence-electron chi connectivity index (χ3n) is 10.3. The molecule has 0 aliphatic carbocycles. The Morgan fingerprint density at radius 2 is 0.816 bits per heavy atom. The fourth-order valence-electron chi connectivity index (χ4n) is 6.76. The molecule has 2 aromatic carbocycles. The maximum Gasteiger partial charge on any atom is 0.0772 e. The standard InChI is InChI=1S/C12H17N.C11H15N.C10H14N2.C9H13N3/c1-9(2)13-7-11-6-4-5-10(3)12(11)8-13;1-9(2)12-7-10-5-3-4-6-11(10)8-12;1-8(2)12-6-9-4-3-5-11-10(9)7-12;1-7(2)12-5-8-9(6-12)11-4-3-10-8/h4-6,9H,7-8H2,1-3H3;3-6,9H,7-8H2,1-2H3;3-5,8H,6-7H2,1-2H3;3-4,7H,5-6H2,1-2H3. The second kappa shape index (κ2) is 16.9. The lowest BCUT2D eigenvalue weighted by atomic mass is 10.1. The van der Waals surface area contributed by atoms with Crippen LogP contribution >= 0.6 is 0 Å². The smallest absolute Gasteiger partial charge is 0.0772 e. The molecule has 0 amide bonds. The zero-order valence-corrected chi connectivity index (χ0v) is 31.5. The van der Waals surface area contributed by atoms with E-state index >= 15 is 0 Å². The van der Waals surface area contributed by atoms with Crippen LogP contribution < -0.4 is 0 Å². The Balaban J connectivity index is 0.000000127. The van der Waals surface area contributed by atoms with E-state index in [0.717, 1.165) is 63.7 Å². The summed E-state index contributed by atoms with van der Waals surface area (Å²) in [5.74, 6) is 0. The average molecular weight is 662 g/mol. The van der Waals surface area contributed by atoms with Crippen LogP contribution in [0.2, 0.25) is 0 Å². The number of aromatic nitrogens is 3. The van der Waals surface area contributed by atoms with E-state index in [9.17, 15) is 0 Å². The average Bonchev–Trinajstić information content (AvgIpc) is 3.89. The van der Waals surface area contributed by atoms with Crippen LogP contribution in [0.5, 0.6) is 0 Å². The van der Waals surface area contributed by atoms with E-state index in [-0.39, 0.29) is 0 Å². The van der Waals surface area contributed by atoms with Gasteiger partial charge in [-0.25, -0.2) is 0 Å². The normalized spacial score (nSPS) is 16.8. The summed E-state index contributed by atoms with van der Waals surface area (Å²) in [6, 6.07) is 22.1. The van der Waals surface area contributed by atoms with Crippen LogP contribution in [0.25, 0.3) is 0 Å². The molecule has 0 atom stereocenters. The van der Waals surface area contributed by atoms with Gasteiger partial charge in [-0.2, -0.15) is 0 Å². The highest BCUT2D eigenvalue weighted by molar-refractivity contribution is 5.37. The van der Waals surface area contributed by atoms with Gasteiger partial charge in [0.25, 0.3) is 0 Å². The first kappa shape index (κ1) is 36.8. The van der Waals surface area contributed by atoms with Crippen LogP contribution in [-0.4, -0.2) is 58.7 Å². The van der Waals surface area contributed by atoms with Crippen molar-refractivity contribution in [3.63, 3.8) is 0 Å². The van der Waals surface area contributed by atoms with E-state index in [4.69, 9.17) is 0 Å². The third kappa shape index (κ3) is 9.61. The predicted molar refractivity (Wildman–Crippen MR) is 201 cm³/mol. The van der Waals surface area contributed by atoms with Crippen molar-refractivity contribution < 1.29 is 0 Å². The highest BCUT2D eigenvalue weighted by atomic mass is 15.2. The molecule has 8 rings (SSSR count). The van der Waals surface area contributed by atoms with Gasteiger partial charge in [-0.15, -0.1) is 0 Å². The number of rotatable bonds is 4. The molecule has 4 aromatic rings. The number of aryl methyl sites for hydroxylation is 1. The van der Waals surface area contributed by atoms with Gasteiger partial charge in [0.1, 0.15) is 0 Å². The van der Waals surface area contributed by atoms with E-state index in [1.807, 2.05) is 12.3 Å². The molecule has 0 spiro atoms. The van der Waals surface area contributed by atoms with Gasteiger partial charge in [-0.05, 0) is 102 Å². The van der Waals surface area contributed by atoms with Crippen molar-refractivity contribution in [1.82, 2.24) is 34.6 Å². The third-order valence-corrected chi connectivity index (χ3v) is 10.3. The molecule has 0 unspecified atom stereocenters. The largest absolute Gasteiger partial charge is 0.292 e. The molecule has 7 nitrogen and oxygen atoms in total. The lowest BCUT2D eigenvalue weighted by molar-refractivity contribution is 0.225. The highest BCUT2D eigenvalue weighted by Crippen LogP contribution is 2.27. The van der Waals surface area contributed by atoms with Gasteiger partial charge >= 0.3 is 0 Å². The molecule has 7 heteroatoms. The van der Waals surface area contributed by atoms with Crippen molar-refractivity contribution >= 4 is 0 Å². The summed E-state index contributed by atoms with van der Waals surface area (Å²) in [7, 11) is 0.